The van der Waals surface area contributed by atoms with Crippen molar-refractivity contribution in [1.82, 2.24) is 29.1 Å². The SMILES string of the molecule is CCCn1c(-c2ccc(-n3ccnc3)cc2)cnc1[C@H](Cc1ccccn1)N(C=O)OC(C)(C)C. The molecular weight excluding hydrogens is 440 g/mol. The molecule has 3 heterocycles. The normalized spacial score (nSPS) is 12.5. The predicted molar refractivity (Wildman–Crippen MR) is 134 cm³/mol. The van der Waals surface area contributed by atoms with Gasteiger partial charge in [-0.25, -0.2) is 15.0 Å². The highest BCUT2D eigenvalue weighted by atomic mass is 16.7. The van der Waals surface area contributed by atoms with Crippen molar-refractivity contribution in [3.63, 3.8) is 0 Å². The molecule has 0 bridgehead atoms. The van der Waals surface area contributed by atoms with Gasteiger partial charge in [0.25, 0.3) is 0 Å². The van der Waals surface area contributed by atoms with Crippen LogP contribution in [0.5, 0.6) is 0 Å². The molecule has 0 aliphatic rings. The number of pyridine rings is 1. The van der Waals surface area contributed by atoms with Gasteiger partial charge in [-0.3, -0.25) is 14.6 Å². The number of hydrogen-bond donors (Lipinski definition) is 0. The van der Waals surface area contributed by atoms with Gasteiger partial charge in [0.15, 0.2) is 0 Å². The first-order valence-corrected chi connectivity index (χ1v) is 11.9. The molecule has 3 aromatic heterocycles. The van der Waals surface area contributed by atoms with Crippen molar-refractivity contribution in [3.05, 3.63) is 85.1 Å². The van der Waals surface area contributed by atoms with Crippen LogP contribution in [0.3, 0.4) is 0 Å². The van der Waals surface area contributed by atoms with E-state index >= 15 is 0 Å². The Kier molecular flexibility index (Phi) is 7.41. The van der Waals surface area contributed by atoms with Crippen molar-refractivity contribution in [3.8, 4) is 16.9 Å². The number of nitrogens with zero attached hydrogens (tertiary/aromatic N) is 6. The van der Waals surface area contributed by atoms with E-state index in [4.69, 9.17) is 9.82 Å². The van der Waals surface area contributed by atoms with Crippen molar-refractivity contribution in [2.45, 2.75) is 58.7 Å². The van der Waals surface area contributed by atoms with Gasteiger partial charge in [0.05, 0.1) is 23.8 Å². The third kappa shape index (κ3) is 5.84. The standard InChI is InChI=1S/C27H32N6O2/c1-5-15-32-25(21-9-11-23(12-10-21)31-16-14-28-19-31)18-30-26(32)24(17-22-8-6-7-13-29-22)33(20-34)35-27(2,3)4/h6-14,16,18-20,24H,5,15,17H2,1-4H3/t24-/m0/s1. The minimum Gasteiger partial charge on any atom is -0.326 e. The van der Waals surface area contributed by atoms with Crippen LogP contribution in [-0.4, -0.2) is 41.2 Å². The van der Waals surface area contributed by atoms with E-state index < -0.39 is 11.6 Å². The maximum absolute atomic E-state index is 12.2. The number of hydrogen-bond acceptors (Lipinski definition) is 5. The van der Waals surface area contributed by atoms with Gasteiger partial charge < -0.3 is 9.13 Å². The maximum atomic E-state index is 12.2. The average Bonchev–Trinajstić information content (AvgIpc) is 3.52. The fourth-order valence-corrected chi connectivity index (χ4v) is 4.05. The fraction of sp³-hybridized carbons (Fsp3) is 0.333. The maximum Gasteiger partial charge on any atom is 0.234 e. The van der Waals surface area contributed by atoms with Crippen LogP contribution >= 0.6 is 0 Å². The molecule has 4 aromatic rings. The van der Waals surface area contributed by atoms with E-state index in [1.54, 1.807) is 18.7 Å². The van der Waals surface area contributed by atoms with Crippen LogP contribution < -0.4 is 0 Å². The number of amides is 1. The van der Waals surface area contributed by atoms with E-state index in [1.165, 1.54) is 5.06 Å². The molecule has 1 atom stereocenters. The second-order valence-electron chi connectivity index (χ2n) is 9.38. The first-order chi connectivity index (χ1) is 16.9. The zero-order chi connectivity index (χ0) is 24.8. The summed E-state index contributed by atoms with van der Waals surface area (Å²) < 4.78 is 4.15. The lowest BCUT2D eigenvalue weighted by Crippen LogP contribution is -2.38. The van der Waals surface area contributed by atoms with Crippen LogP contribution in [0.15, 0.2) is 73.6 Å². The smallest absolute Gasteiger partial charge is 0.234 e. The molecular formula is C27H32N6O2. The Bertz CT molecular complexity index is 1210. The highest BCUT2D eigenvalue weighted by molar-refractivity contribution is 5.61. The van der Waals surface area contributed by atoms with Gasteiger partial charge in [-0.15, -0.1) is 0 Å². The lowest BCUT2D eigenvalue weighted by atomic mass is 10.1. The molecule has 0 N–H and O–H groups in total. The monoisotopic (exact) mass is 472 g/mol. The molecule has 0 spiro atoms. The fourth-order valence-electron chi connectivity index (χ4n) is 4.05. The highest BCUT2D eigenvalue weighted by Crippen LogP contribution is 2.31. The second-order valence-corrected chi connectivity index (χ2v) is 9.38. The van der Waals surface area contributed by atoms with Gasteiger partial charge >= 0.3 is 0 Å². The van der Waals surface area contributed by atoms with Gasteiger partial charge in [-0.1, -0.05) is 25.1 Å². The summed E-state index contributed by atoms with van der Waals surface area (Å²) in [5.41, 5.74) is 3.39. The number of carbonyl (C=O) groups is 1. The van der Waals surface area contributed by atoms with Crippen molar-refractivity contribution in [2.75, 3.05) is 0 Å². The predicted octanol–water partition coefficient (Wildman–Crippen LogP) is 5.01. The Morgan fingerprint density at radius 3 is 2.49 bits per heavy atom. The Morgan fingerprint density at radius 1 is 1.09 bits per heavy atom. The van der Waals surface area contributed by atoms with Crippen LogP contribution in [0.25, 0.3) is 16.9 Å². The molecule has 0 aliphatic heterocycles. The minimum atomic E-state index is -0.544. The van der Waals surface area contributed by atoms with Gasteiger partial charge in [0.2, 0.25) is 6.41 Å². The van der Waals surface area contributed by atoms with Crippen LogP contribution in [-0.2, 0) is 22.6 Å². The van der Waals surface area contributed by atoms with E-state index in [-0.39, 0.29) is 0 Å². The summed E-state index contributed by atoms with van der Waals surface area (Å²) >= 11 is 0. The van der Waals surface area contributed by atoms with Crippen LogP contribution in [0.2, 0.25) is 0 Å². The van der Waals surface area contributed by atoms with Crippen LogP contribution in [0, 0.1) is 0 Å². The van der Waals surface area contributed by atoms with Gasteiger partial charge in [-0.05, 0) is 57.0 Å². The van der Waals surface area contributed by atoms with Crippen molar-refractivity contribution in [1.29, 1.82) is 0 Å². The number of rotatable bonds is 10. The first kappa shape index (κ1) is 24.3. The quantitative estimate of drug-likeness (QED) is 0.239. The summed E-state index contributed by atoms with van der Waals surface area (Å²) in [6.07, 6.45) is 11.2. The zero-order valence-electron chi connectivity index (χ0n) is 20.7. The molecule has 0 aliphatic carbocycles. The molecule has 182 valence electrons. The van der Waals surface area contributed by atoms with Gasteiger partial charge in [-0.2, -0.15) is 0 Å². The topological polar surface area (TPSA) is 78.1 Å². The molecule has 8 nitrogen and oxygen atoms in total. The molecule has 4 rings (SSSR count). The van der Waals surface area contributed by atoms with E-state index in [2.05, 4.69) is 45.7 Å². The summed E-state index contributed by atoms with van der Waals surface area (Å²) in [5, 5.41) is 1.38. The summed E-state index contributed by atoms with van der Waals surface area (Å²) in [5.74, 6) is 0.766. The number of hydroxylamine groups is 2. The van der Waals surface area contributed by atoms with E-state index in [0.29, 0.717) is 6.42 Å². The highest BCUT2D eigenvalue weighted by Gasteiger charge is 2.30. The largest absolute Gasteiger partial charge is 0.326 e. The summed E-state index contributed by atoms with van der Waals surface area (Å²) in [6.45, 7) is 8.66. The Labute approximate surface area is 206 Å². The number of benzene rings is 1. The number of aromatic nitrogens is 5. The van der Waals surface area contributed by atoms with Crippen LogP contribution in [0.4, 0.5) is 0 Å². The number of carbonyl (C=O) groups excluding carboxylic acids is 1. The second kappa shape index (κ2) is 10.7. The summed E-state index contributed by atoms with van der Waals surface area (Å²) in [7, 11) is 0. The lowest BCUT2D eigenvalue weighted by molar-refractivity contribution is -0.235. The molecule has 35 heavy (non-hydrogen) atoms. The Balaban J connectivity index is 1.74. The summed E-state index contributed by atoms with van der Waals surface area (Å²) in [4.78, 5) is 31.7. The zero-order valence-corrected chi connectivity index (χ0v) is 20.7. The van der Waals surface area contributed by atoms with Crippen molar-refractivity contribution >= 4 is 6.41 Å². The molecule has 8 heteroatoms. The third-order valence-corrected chi connectivity index (χ3v) is 5.52. The van der Waals surface area contributed by atoms with E-state index in [1.807, 2.05) is 55.9 Å². The molecule has 0 saturated heterocycles. The third-order valence-electron chi connectivity index (χ3n) is 5.52. The van der Waals surface area contributed by atoms with Crippen molar-refractivity contribution < 1.29 is 9.63 Å². The molecule has 1 aromatic carbocycles. The molecule has 0 fully saturated rings. The van der Waals surface area contributed by atoms with Crippen molar-refractivity contribution in [2.24, 2.45) is 0 Å². The average molecular weight is 473 g/mol. The molecule has 0 unspecified atom stereocenters. The Hall–Kier alpha value is -3.78. The van der Waals surface area contributed by atoms with E-state index in [9.17, 15) is 4.79 Å². The molecule has 0 saturated carbocycles. The summed E-state index contributed by atoms with van der Waals surface area (Å²) in [6, 6.07) is 13.6. The molecule has 1 amide bonds. The van der Waals surface area contributed by atoms with Crippen LogP contribution in [0.1, 0.15) is 51.7 Å². The molecule has 0 radical (unpaired) electrons. The lowest BCUT2D eigenvalue weighted by Gasteiger charge is -2.33. The number of imidazole rings is 2. The Morgan fingerprint density at radius 2 is 1.89 bits per heavy atom. The van der Waals surface area contributed by atoms with Gasteiger partial charge in [0.1, 0.15) is 11.9 Å². The van der Waals surface area contributed by atoms with Gasteiger partial charge in [0, 0.05) is 42.9 Å². The minimum absolute atomic E-state index is 0.438. The van der Waals surface area contributed by atoms with E-state index in [0.717, 1.165) is 47.8 Å². The first-order valence-electron chi connectivity index (χ1n) is 11.9.